The molecule has 1 atom stereocenters. The second kappa shape index (κ2) is 6.05. The van der Waals surface area contributed by atoms with Gasteiger partial charge in [0, 0.05) is 0 Å². The molecule has 0 aliphatic heterocycles. The Morgan fingerprint density at radius 2 is 2.30 bits per heavy atom. The van der Waals surface area contributed by atoms with Crippen molar-refractivity contribution >= 4 is 28.6 Å². The zero-order valence-corrected chi connectivity index (χ0v) is 7.97. The third kappa shape index (κ3) is 5.12. The standard InChI is InChI=1S/C7H13ClOS/c1-3-4-5-10-6(2)7(8)9/h6H,3-5H2,1-2H3/t6-/m0/s1. The molecular weight excluding hydrogens is 168 g/mol. The molecule has 0 bridgehead atoms. The molecule has 10 heavy (non-hydrogen) atoms. The first-order valence-electron chi connectivity index (χ1n) is 3.49. The Kier molecular flexibility index (Phi) is 6.24. The highest BCUT2D eigenvalue weighted by Gasteiger charge is 2.08. The molecule has 0 aromatic rings. The quantitative estimate of drug-likeness (QED) is 0.478. The van der Waals surface area contributed by atoms with Crippen LogP contribution in [0.5, 0.6) is 0 Å². The Labute approximate surface area is 71.5 Å². The molecule has 0 aromatic heterocycles. The molecule has 0 radical (unpaired) electrons. The van der Waals surface area contributed by atoms with Gasteiger partial charge in [-0.2, -0.15) is 0 Å². The summed E-state index contributed by atoms with van der Waals surface area (Å²) >= 11 is 6.88. The lowest BCUT2D eigenvalue weighted by Gasteiger charge is -2.03. The number of halogens is 1. The number of unbranched alkanes of at least 4 members (excludes halogenated alkanes) is 1. The van der Waals surface area contributed by atoms with Gasteiger partial charge in [0.25, 0.3) is 0 Å². The fourth-order valence-corrected chi connectivity index (χ4v) is 1.60. The number of carbonyl (C=O) groups excluding carboxylic acids is 1. The van der Waals surface area contributed by atoms with Crippen molar-refractivity contribution in [1.82, 2.24) is 0 Å². The van der Waals surface area contributed by atoms with Crippen LogP contribution >= 0.6 is 23.4 Å². The Balaban J connectivity index is 3.21. The van der Waals surface area contributed by atoms with Gasteiger partial charge in [-0.15, -0.1) is 11.8 Å². The van der Waals surface area contributed by atoms with Crippen molar-refractivity contribution in [2.45, 2.75) is 31.9 Å². The van der Waals surface area contributed by atoms with Gasteiger partial charge in [-0.05, 0) is 30.7 Å². The van der Waals surface area contributed by atoms with Crippen LogP contribution in [-0.2, 0) is 4.79 Å². The average Bonchev–Trinajstić information content (AvgIpc) is 1.88. The van der Waals surface area contributed by atoms with Gasteiger partial charge in [0.1, 0.15) is 0 Å². The summed E-state index contributed by atoms with van der Waals surface area (Å²) in [7, 11) is 0. The van der Waals surface area contributed by atoms with Crippen LogP contribution in [0.25, 0.3) is 0 Å². The Morgan fingerprint density at radius 3 is 2.70 bits per heavy atom. The minimum atomic E-state index is -0.235. The third-order valence-electron chi connectivity index (χ3n) is 1.19. The van der Waals surface area contributed by atoms with Crippen molar-refractivity contribution in [3.63, 3.8) is 0 Å². The van der Waals surface area contributed by atoms with Crippen LogP contribution < -0.4 is 0 Å². The van der Waals surface area contributed by atoms with Gasteiger partial charge in [-0.25, -0.2) is 0 Å². The predicted molar refractivity (Wildman–Crippen MR) is 47.7 cm³/mol. The van der Waals surface area contributed by atoms with E-state index < -0.39 is 0 Å². The fourth-order valence-electron chi connectivity index (χ4n) is 0.470. The molecule has 0 amide bonds. The lowest BCUT2D eigenvalue weighted by Crippen LogP contribution is -2.05. The van der Waals surface area contributed by atoms with Gasteiger partial charge in [0.15, 0.2) is 0 Å². The van der Waals surface area contributed by atoms with Crippen molar-refractivity contribution < 1.29 is 4.79 Å². The summed E-state index contributed by atoms with van der Waals surface area (Å²) in [6.45, 7) is 3.98. The first-order valence-corrected chi connectivity index (χ1v) is 4.92. The van der Waals surface area contributed by atoms with Gasteiger partial charge in [0.05, 0.1) is 5.25 Å². The molecule has 0 heterocycles. The SMILES string of the molecule is CCCCS[C@@H](C)C(=O)Cl. The highest BCUT2D eigenvalue weighted by molar-refractivity contribution is 8.00. The molecule has 60 valence electrons. The number of hydrogen-bond donors (Lipinski definition) is 0. The first kappa shape index (κ1) is 10.3. The zero-order chi connectivity index (χ0) is 7.98. The monoisotopic (exact) mass is 180 g/mol. The summed E-state index contributed by atoms with van der Waals surface area (Å²) in [6.07, 6.45) is 2.34. The molecule has 0 unspecified atom stereocenters. The van der Waals surface area contributed by atoms with Gasteiger partial charge < -0.3 is 0 Å². The van der Waals surface area contributed by atoms with E-state index in [1.165, 1.54) is 12.8 Å². The van der Waals surface area contributed by atoms with E-state index in [2.05, 4.69) is 6.92 Å². The Morgan fingerprint density at radius 1 is 1.70 bits per heavy atom. The summed E-state index contributed by atoms with van der Waals surface area (Å²) in [5, 5.41) is -0.269. The lowest BCUT2D eigenvalue weighted by atomic mass is 10.4. The molecule has 3 heteroatoms. The van der Waals surface area contributed by atoms with E-state index in [4.69, 9.17) is 11.6 Å². The summed E-state index contributed by atoms with van der Waals surface area (Å²) in [4.78, 5) is 10.5. The summed E-state index contributed by atoms with van der Waals surface area (Å²) < 4.78 is 0. The maximum atomic E-state index is 10.5. The van der Waals surface area contributed by atoms with Crippen molar-refractivity contribution in [3.8, 4) is 0 Å². The van der Waals surface area contributed by atoms with Crippen LogP contribution in [0, 0.1) is 0 Å². The van der Waals surface area contributed by atoms with E-state index >= 15 is 0 Å². The normalized spacial score (nSPS) is 13.1. The van der Waals surface area contributed by atoms with Crippen LogP contribution in [0.15, 0.2) is 0 Å². The van der Waals surface area contributed by atoms with E-state index in [0.29, 0.717) is 0 Å². The Hall–Kier alpha value is 0.310. The number of hydrogen-bond acceptors (Lipinski definition) is 2. The molecule has 0 N–H and O–H groups in total. The van der Waals surface area contributed by atoms with E-state index in [9.17, 15) is 4.79 Å². The fraction of sp³-hybridized carbons (Fsp3) is 0.857. The Bertz CT molecular complexity index is 106. The van der Waals surface area contributed by atoms with Crippen molar-refractivity contribution in [1.29, 1.82) is 0 Å². The zero-order valence-electron chi connectivity index (χ0n) is 6.39. The molecule has 0 fully saturated rings. The lowest BCUT2D eigenvalue weighted by molar-refractivity contribution is -0.111. The van der Waals surface area contributed by atoms with Crippen LogP contribution in [0.3, 0.4) is 0 Å². The maximum absolute atomic E-state index is 10.5. The molecular formula is C7H13ClOS. The predicted octanol–water partition coefficient (Wildman–Crippen LogP) is 2.67. The average molecular weight is 181 g/mol. The van der Waals surface area contributed by atoms with Gasteiger partial charge >= 0.3 is 0 Å². The smallest absolute Gasteiger partial charge is 0.234 e. The topological polar surface area (TPSA) is 17.1 Å². The van der Waals surface area contributed by atoms with E-state index in [1.54, 1.807) is 11.8 Å². The van der Waals surface area contributed by atoms with Crippen LogP contribution in [0.4, 0.5) is 0 Å². The molecule has 1 nitrogen and oxygen atoms in total. The van der Waals surface area contributed by atoms with Crippen molar-refractivity contribution in [3.05, 3.63) is 0 Å². The largest absolute Gasteiger partial charge is 0.280 e. The van der Waals surface area contributed by atoms with E-state index in [-0.39, 0.29) is 10.5 Å². The minimum Gasteiger partial charge on any atom is -0.280 e. The maximum Gasteiger partial charge on any atom is 0.234 e. The van der Waals surface area contributed by atoms with E-state index in [0.717, 1.165) is 5.75 Å². The van der Waals surface area contributed by atoms with Crippen LogP contribution in [-0.4, -0.2) is 16.2 Å². The summed E-state index contributed by atoms with van der Waals surface area (Å²) in [6, 6.07) is 0. The van der Waals surface area contributed by atoms with Crippen molar-refractivity contribution in [2.75, 3.05) is 5.75 Å². The first-order chi connectivity index (χ1) is 4.68. The number of rotatable bonds is 5. The van der Waals surface area contributed by atoms with Crippen LogP contribution in [0.2, 0.25) is 0 Å². The molecule has 0 aliphatic rings. The summed E-state index contributed by atoms with van der Waals surface area (Å²) in [5.41, 5.74) is 0. The molecule has 0 spiro atoms. The highest BCUT2D eigenvalue weighted by Crippen LogP contribution is 2.14. The molecule has 0 saturated carbocycles. The van der Waals surface area contributed by atoms with Gasteiger partial charge in [-0.1, -0.05) is 13.3 Å². The molecule has 0 saturated heterocycles. The van der Waals surface area contributed by atoms with Crippen LogP contribution in [0.1, 0.15) is 26.7 Å². The van der Waals surface area contributed by atoms with Gasteiger partial charge in [0.2, 0.25) is 5.24 Å². The number of carbonyl (C=O) groups is 1. The summed E-state index contributed by atoms with van der Waals surface area (Å²) in [5.74, 6) is 1.04. The molecule has 0 rings (SSSR count). The second-order valence-electron chi connectivity index (χ2n) is 2.17. The highest BCUT2D eigenvalue weighted by atomic mass is 35.5. The third-order valence-corrected chi connectivity index (χ3v) is 2.88. The molecule has 0 aliphatic carbocycles. The number of thioether (sulfide) groups is 1. The van der Waals surface area contributed by atoms with Crippen molar-refractivity contribution in [2.24, 2.45) is 0 Å². The minimum absolute atomic E-state index is 0.0341. The van der Waals surface area contributed by atoms with Gasteiger partial charge in [-0.3, -0.25) is 4.79 Å². The molecule has 0 aromatic carbocycles. The van der Waals surface area contributed by atoms with E-state index in [1.807, 2.05) is 6.92 Å². The second-order valence-corrected chi connectivity index (χ2v) is 3.99.